The highest BCUT2D eigenvalue weighted by molar-refractivity contribution is 6.28. The van der Waals surface area contributed by atoms with Crippen molar-refractivity contribution >= 4 is 17.5 Å². The molecule has 5 nitrogen and oxygen atoms in total. The Kier molecular flexibility index (Phi) is 5.27. The first kappa shape index (κ1) is 15.4. The maximum absolute atomic E-state index is 13.2. The van der Waals surface area contributed by atoms with Gasteiger partial charge in [0.25, 0.3) is 0 Å². The fourth-order valence-corrected chi connectivity index (χ4v) is 1.86. The number of hydrogen-bond donors (Lipinski definition) is 1. The van der Waals surface area contributed by atoms with Gasteiger partial charge in [0.15, 0.2) is 0 Å². The molecule has 0 spiro atoms. The molecule has 21 heavy (non-hydrogen) atoms. The Hall–Kier alpha value is -1.95. The molecule has 1 N–H and O–H groups in total. The molecule has 0 amide bonds. The standard InChI is InChI=1S/C14H16ClFN4O/c1-3-7-21-14-19-12(15)18-13(20-14)17-9(2)10-5-4-6-11(16)8-10/h4-6,8-9H,3,7H2,1-2H3,(H,17,18,19,20). The lowest BCUT2D eigenvalue weighted by Crippen LogP contribution is -2.11. The average molecular weight is 311 g/mol. The molecule has 7 heteroatoms. The van der Waals surface area contributed by atoms with Crippen LogP contribution in [0.15, 0.2) is 24.3 Å². The number of ether oxygens (including phenoxy) is 1. The Bertz CT molecular complexity index is 611. The molecule has 0 saturated heterocycles. The van der Waals surface area contributed by atoms with Gasteiger partial charge in [0, 0.05) is 0 Å². The highest BCUT2D eigenvalue weighted by Gasteiger charge is 2.11. The summed E-state index contributed by atoms with van der Waals surface area (Å²) in [4.78, 5) is 12.0. The lowest BCUT2D eigenvalue weighted by atomic mass is 10.1. The van der Waals surface area contributed by atoms with Crippen LogP contribution in [0.4, 0.5) is 10.3 Å². The van der Waals surface area contributed by atoms with E-state index in [4.69, 9.17) is 16.3 Å². The summed E-state index contributed by atoms with van der Waals surface area (Å²) in [5, 5.41) is 3.10. The molecule has 0 radical (unpaired) electrons. The first-order valence-electron chi connectivity index (χ1n) is 6.65. The minimum absolute atomic E-state index is 0.0463. The topological polar surface area (TPSA) is 59.9 Å². The Morgan fingerprint density at radius 2 is 2.14 bits per heavy atom. The Labute approximate surface area is 127 Å². The number of nitrogens with zero attached hydrogens (tertiary/aromatic N) is 3. The SMILES string of the molecule is CCCOc1nc(Cl)nc(NC(C)c2cccc(F)c2)n1. The molecule has 0 aliphatic carbocycles. The van der Waals surface area contributed by atoms with Crippen LogP contribution in [0.2, 0.25) is 5.28 Å². The third-order valence-corrected chi connectivity index (χ3v) is 2.89. The van der Waals surface area contributed by atoms with E-state index < -0.39 is 0 Å². The first-order valence-corrected chi connectivity index (χ1v) is 7.02. The number of rotatable bonds is 6. The van der Waals surface area contributed by atoms with Crippen LogP contribution in [0.25, 0.3) is 0 Å². The van der Waals surface area contributed by atoms with Gasteiger partial charge in [-0.2, -0.15) is 15.0 Å². The van der Waals surface area contributed by atoms with E-state index in [-0.39, 0.29) is 29.1 Å². The zero-order valence-corrected chi connectivity index (χ0v) is 12.6. The van der Waals surface area contributed by atoms with E-state index in [9.17, 15) is 4.39 Å². The number of benzene rings is 1. The summed E-state index contributed by atoms with van der Waals surface area (Å²) in [5.74, 6) is -0.000313. The molecular weight excluding hydrogens is 295 g/mol. The molecule has 0 fully saturated rings. The summed E-state index contributed by atoms with van der Waals surface area (Å²) in [5.41, 5.74) is 0.780. The van der Waals surface area contributed by atoms with E-state index in [1.165, 1.54) is 12.1 Å². The van der Waals surface area contributed by atoms with Crippen molar-refractivity contribution in [3.63, 3.8) is 0 Å². The minimum atomic E-state index is -0.290. The summed E-state index contributed by atoms with van der Waals surface area (Å²) in [7, 11) is 0. The van der Waals surface area contributed by atoms with Crippen LogP contribution in [-0.4, -0.2) is 21.6 Å². The lowest BCUT2D eigenvalue weighted by Gasteiger charge is -2.14. The normalized spacial score (nSPS) is 12.0. The van der Waals surface area contributed by atoms with Crippen molar-refractivity contribution in [2.45, 2.75) is 26.3 Å². The summed E-state index contributed by atoms with van der Waals surface area (Å²) < 4.78 is 18.6. The number of halogens is 2. The predicted molar refractivity (Wildman–Crippen MR) is 79.1 cm³/mol. The molecule has 1 aromatic heterocycles. The molecule has 1 aromatic carbocycles. The second-order valence-electron chi connectivity index (χ2n) is 4.48. The van der Waals surface area contributed by atoms with Gasteiger partial charge in [0.1, 0.15) is 5.82 Å². The molecule has 2 aromatic rings. The zero-order valence-electron chi connectivity index (χ0n) is 11.8. The van der Waals surface area contributed by atoms with Gasteiger partial charge in [-0.3, -0.25) is 0 Å². The number of aromatic nitrogens is 3. The van der Waals surface area contributed by atoms with Crippen LogP contribution in [0, 0.1) is 5.82 Å². The first-order chi connectivity index (χ1) is 10.1. The molecular formula is C14H16ClFN4O. The molecule has 0 aliphatic heterocycles. The molecule has 1 heterocycles. The van der Waals surface area contributed by atoms with E-state index in [2.05, 4.69) is 20.3 Å². The van der Waals surface area contributed by atoms with Gasteiger partial charge >= 0.3 is 6.01 Å². The quantitative estimate of drug-likeness (QED) is 0.883. The zero-order chi connectivity index (χ0) is 15.2. The van der Waals surface area contributed by atoms with E-state index >= 15 is 0 Å². The van der Waals surface area contributed by atoms with E-state index in [1.54, 1.807) is 6.07 Å². The highest BCUT2D eigenvalue weighted by Crippen LogP contribution is 2.19. The fraction of sp³-hybridized carbons (Fsp3) is 0.357. The fourth-order valence-electron chi connectivity index (χ4n) is 1.71. The van der Waals surface area contributed by atoms with Crippen LogP contribution in [0.1, 0.15) is 31.9 Å². The monoisotopic (exact) mass is 310 g/mol. The molecule has 2 rings (SSSR count). The van der Waals surface area contributed by atoms with Crippen LogP contribution in [0.3, 0.4) is 0 Å². The number of nitrogens with one attached hydrogen (secondary N) is 1. The molecule has 0 saturated carbocycles. The third kappa shape index (κ3) is 4.53. The number of hydrogen-bond acceptors (Lipinski definition) is 5. The Balaban J connectivity index is 2.13. The summed E-state index contributed by atoms with van der Waals surface area (Å²) in [6.07, 6.45) is 0.839. The van der Waals surface area contributed by atoms with E-state index in [0.29, 0.717) is 6.61 Å². The van der Waals surface area contributed by atoms with Crippen molar-refractivity contribution in [3.8, 4) is 6.01 Å². The van der Waals surface area contributed by atoms with E-state index in [0.717, 1.165) is 12.0 Å². The molecule has 0 bridgehead atoms. The molecule has 1 unspecified atom stereocenters. The smallest absolute Gasteiger partial charge is 0.322 e. The Morgan fingerprint density at radius 1 is 1.33 bits per heavy atom. The predicted octanol–water partition coefficient (Wildman–Crippen LogP) is 3.63. The minimum Gasteiger partial charge on any atom is -0.463 e. The van der Waals surface area contributed by atoms with Crippen molar-refractivity contribution in [2.75, 3.05) is 11.9 Å². The third-order valence-electron chi connectivity index (χ3n) is 2.72. The van der Waals surface area contributed by atoms with Gasteiger partial charge in [-0.05, 0) is 42.6 Å². The Morgan fingerprint density at radius 3 is 2.86 bits per heavy atom. The largest absolute Gasteiger partial charge is 0.463 e. The van der Waals surface area contributed by atoms with Crippen LogP contribution in [-0.2, 0) is 0 Å². The molecule has 112 valence electrons. The van der Waals surface area contributed by atoms with Gasteiger partial charge in [0.05, 0.1) is 12.6 Å². The van der Waals surface area contributed by atoms with Crippen molar-refractivity contribution in [3.05, 3.63) is 40.9 Å². The highest BCUT2D eigenvalue weighted by atomic mass is 35.5. The van der Waals surface area contributed by atoms with Crippen molar-refractivity contribution in [1.82, 2.24) is 15.0 Å². The lowest BCUT2D eigenvalue weighted by molar-refractivity contribution is 0.291. The summed E-state index contributed by atoms with van der Waals surface area (Å²) in [6, 6.07) is 6.31. The number of anilines is 1. The van der Waals surface area contributed by atoms with Gasteiger partial charge in [-0.25, -0.2) is 4.39 Å². The summed E-state index contributed by atoms with van der Waals surface area (Å²) >= 11 is 5.84. The van der Waals surface area contributed by atoms with Gasteiger partial charge in [-0.15, -0.1) is 0 Å². The van der Waals surface area contributed by atoms with Crippen molar-refractivity contribution < 1.29 is 9.13 Å². The van der Waals surface area contributed by atoms with Crippen LogP contribution >= 0.6 is 11.6 Å². The maximum atomic E-state index is 13.2. The van der Waals surface area contributed by atoms with Gasteiger partial charge < -0.3 is 10.1 Å². The second kappa shape index (κ2) is 7.17. The van der Waals surface area contributed by atoms with Crippen molar-refractivity contribution in [1.29, 1.82) is 0 Å². The average Bonchev–Trinajstić information content (AvgIpc) is 2.44. The summed E-state index contributed by atoms with van der Waals surface area (Å²) in [6.45, 7) is 4.35. The van der Waals surface area contributed by atoms with Crippen LogP contribution in [0.5, 0.6) is 6.01 Å². The van der Waals surface area contributed by atoms with E-state index in [1.807, 2.05) is 19.9 Å². The van der Waals surface area contributed by atoms with Crippen LogP contribution < -0.4 is 10.1 Å². The van der Waals surface area contributed by atoms with Gasteiger partial charge in [0.2, 0.25) is 11.2 Å². The molecule has 0 aliphatic rings. The molecule has 1 atom stereocenters. The second-order valence-corrected chi connectivity index (χ2v) is 4.82. The maximum Gasteiger partial charge on any atom is 0.322 e. The van der Waals surface area contributed by atoms with Crippen molar-refractivity contribution in [2.24, 2.45) is 0 Å². The van der Waals surface area contributed by atoms with Gasteiger partial charge in [-0.1, -0.05) is 19.1 Å².